The van der Waals surface area contributed by atoms with Crippen LogP contribution in [0, 0.1) is 5.92 Å². The summed E-state index contributed by atoms with van der Waals surface area (Å²) < 4.78 is 5.19. The smallest absolute Gasteiger partial charge is 0.261 e. The fourth-order valence-corrected chi connectivity index (χ4v) is 5.11. The van der Waals surface area contributed by atoms with Crippen LogP contribution in [-0.2, 0) is 12.8 Å². The summed E-state index contributed by atoms with van der Waals surface area (Å²) in [6, 6.07) is 4.73. The van der Waals surface area contributed by atoms with Crippen molar-refractivity contribution in [2.75, 3.05) is 12.4 Å². The zero-order valence-electron chi connectivity index (χ0n) is 15.4. The molecule has 4 N–H and O–H groups in total. The number of ether oxygens (including phenoxy) is 1. The Morgan fingerprint density at radius 3 is 2.82 bits per heavy atom. The van der Waals surface area contributed by atoms with Crippen LogP contribution in [0.15, 0.2) is 18.2 Å². The molecule has 2 amide bonds. The van der Waals surface area contributed by atoms with Crippen LogP contribution in [-0.4, -0.2) is 24.0 Å². The average molecular weight is 438 g/mol. The molecule has 0 radical (unpaired) electrons. The van der Waals surface area contributed by atoms with Crippen molar-refractivity contribution in [1.29, 1.82) is 0 Å². The zero-order valence-corrected chi connectivity index (χ0v) is 17.8. The van der Waals surface area contributed by atoms with E-state index >= 15 is 0 Å². The Labute approximate surface area is 177 Å². The minimum atomic E-state index is -0.500. The normalized spacial score (nSPS) is 15.5. The van der Waals surface area contributed by atoms with Crippen LogP contribution >= 0.6 is 35.2 Å². The molecule has 1 aliphatic rings. The summed E-state index contributed by atoms with van der Waals surface area (Å²) in [6.07, 6.45) is 2.73. The number of carbonyl (C=O) groups is 2. The van der Waals surface area contributed by atoms with E-state index in [0.717, 1.165) is 29.7 Å². The number of nitrogens with two attached hydrogens (primary N) is 1. The molecule has 0 saturated heterocycles. The number of rotatable bonds is 4. The maximum Gasteiger partial charge on any atom is 0.261 e. The summed E-state index contributed by atoms with van der Waals surface area (Å²) in [5.41, 5.74) is 7.32. The lowest BCUT2D eigenvalue weighted by Gasteiger charge is -2.18. The molecule has 1 heterocycles. The van der Waals surface area contributed by atoms with E-state index in [1.54, 1.807) is 12.1 Å². The Kier molecular flexibility index (Phi) is 6.22. The van der Waals surface area contributed by atoms with Crippen LogP contribution in [0.2, 0.25) is 5.02 Å². The number of primary amides is 1. The predicted molar refractivity (Wildman–Crippen MR) is 116 cm³/mol. The van der Waals surface area contributed by atoms with Gasteiger partial charge in [0.15, 0.2) is 5.11 Å². The number of nitrogens with one attached hydrogen (secondary N) is 2. The zero-order chi connectivity index (χ0) is 20.4. The molecule has 1 aromatic carbocycles. The van der Waals surface area contributed by atoms with Crippen LogP contribution in [0.5, 0.6) is 5.75 Å². The van der Waals surface area contributed by atoms with Gasteiger partial charge in [-0.15, -0.1) is 11.3 Å². The number of halogens is 1. The van der Waals surface area contributed by atoms with E-state index < -0.39 is 11.8 Å². The Balaban J connectivity index is 1.80. The van der Waals surface area contributed by atoms with Gasteiger partial charge >= 0.3 is 0 Å². The summed E-state index contributed by atoms with van der Waals surface area (Å²) in [7, 11) is 1.47. The van der Waals surface area contributed by atoms with E-state index in [4.69, 9.17) is 34.3 Å². The van der Waals surface area contributed by atoms with E-state index in [9.17, 15) is 9.59 Å². The average Bonchev–Trinajstić information content (AvgIpc) is 2.98. The SMILES string of the molecule is COc1ccc(Cl)cc1C(=O)NC(=S)Nc1sc2c(c1C(N)=O)CC[C@H](C)C2. The molecule has 0 fully saturated rings. The monoisotopic (exact) mass is 437 g/mol. The van der Waals surface area contributed by atoms with Crippen molar-refractivity contribution in [2.45, 2.75) is 26.2 Å². The minimum absolute atomic E-state index is 0.0705. The minimum Gasteiger partial charge on any atom is -0.496 e. The predicted octanol–water partition coefficient (Wildman–Crippen LogP) is 3.76. The van der Waals surface area contributed by atoms with Crippen LogP contribution in [0.4, 0.5) is 5.00 Å². The molecule has 2 aromatic rings. The molecule has 0 bridgehead atoms. The van der Waals surface area contributed by atoms with Gasteiger partial charge in [0, 0.05) is 9.90 Å². The molecule has 6 nitrogen and oxygen atoms in total. The van der Waals surface area contributed by atoms with Gasteiger partial charge in [0.05, 0.1) is 18.2 Å². The summed E-state index contributed by atoms with van der Waals surface area (Å²) in [4.78, 5) is 25.7. The van der Waals surface area contributed by atoms with E-state index in [2.05, 4.69) is 17.6 Å². The van der Waals surface area contributed by atoms with Gasteiger partial charge in [0.25, 0.3) is 11.8 Å². The van der Waals surface area contributed by atoms with Gasteiger partial charge in [-0.25, -0.2) is 0 Å². The number of hydrogen-bond donors (Lipinski definition) is 3. The third-order valence-corrected chi connectivity index (χ3v) is 6.23. The van der Waals surface area contributed by atoms with E-state index in [-0.39, 0.29) is 10.7 Å². The number of benzene rings is 1. The van der Waals surface area contributed by atoms with Gasteiger partial charge in [0.1, 0.15) is 10.8 Å². The van der Waals surface area contributed by atoms with Crippen molar-refractivity contribution in [1.82, 2.24) is 5.32 Å². The molecule has 0 unspecified atom stereocenters. The standard InChI is InChI=1S/C19H20ClN3O3S2/c1-9-3-5-11-14(7-9)28-18(15(11)16(21)24)23-19(27)22-17(25)12-8-10(20)4-6-13(12)26-2/h4,6,8-9H,3,5,7H2,1-2H3,(H2,21,24)(H2,22,23,25,27)/t9-/m0/s1. The Hall–Kier alpha value is -2.16. The van der Waals surface area contributed by atoms with Crippen molar-refractivity contribution < 1.29 is 14.3 Å². The second kappa shape index (κ2) is 8.46. The third-order valence-electron chi connectivity index (χ3n) is 4.62. The fourth-order valence-electron chi connectivity index (χ4n) is 3.26. The molecule has 1 aliphatic carbocycles. The van der Waals surface area contributed by atoms with Crippen molar-refractivity contribution in [2.24, 2.45) is 11.7 Å². The Morgan fingerprint density at radius 2 is 2.14 bits per heavy atom. The molecular weight excluding hydrogens is 418 g/mol. The van der Waals surface area contributed by atoms with E-state index in [1.165, 1.54) is 24.5 Å². The van der Waals surface area contributed by atoms with Crippen LogP contribution in [0.25, 0.3) is 0 Å². The second-order valence-corrected chi connectivity index (χ2v) is 8.62. The van der Waals surface area contributed by atoms with E-state index in [1.807, 2.05) is 0 Å². The van der Waals surface area contributed by atoms with Crippen molar-refractivity contribution >= 4 is 57.1 Å². The number of fused-ring (bicyclic) bond motifs is 1. The van der Waals surface area contributed by atoms with Gasteiger partial charge in [-0.05, 0) is 61.2 Å². The molecule has 3 rings (SSSR count). The lowest BCUT2D eigenvalue weighted by atomic mass is 9.88. The Morgan fingerprint density at radius 1 is 1.39 bits per heavy atom. The summed E-state index contributed by atoms with van der Waals surface area (Å²) >= 11 is 12.7. The molecular formula is C19H20ClN3O3S2. The highest BCUT2D eigenvalue weighted by Crippen LogP contribution is 2.39. The number of methoxy groups -OCH3 is 1. The first-order valence-electron chi connectivity index (χ1n) is 8.70. The van der Waals surface area contributed by atoms with Crippen molar-refractivity contribution in [3.63, 3.8) is 0 Å². The second-order valence-electron chi connectivity index (χ2n) is 6.67. The maximum absolute atomic E-state index is 12.6. The summed E-state index contributed by atoms with van der Waals surface area (Å²) in [5, 5.41) is 6.60. The highest BCUT2D eigenvalue weighted by Gasteiger charge is 2.27. The molecule has 1 aromatic heterocycles. The Bertz CT molecular complexity index is 958. The first-order valence-corrected chi connectivity index (χ1v) is 10.3. The van der Waals surface area contributed by atoms with Gasteiger partial charge in [-0.1, -0.05) is 18.5 Å². The number of hydrogen-bond acceptors (Lipinski definition) is 5. The number of anilines is 1. The number of thiocarbonyl (C=S) groups is 1. The number of thiophene rings is 1. The fraction of sp³-hybridized carbons (Fsp3) is 0.316. The molecule has 0 spiro atoms. The number of carbonyl (C=O) groups excluding carboxylic acids is 2. The lowest BCUT2D eigenvalue weighted by Crippen LogP contribution is -2.34. The molecule has 1 atom stereocenters. The van der Waals surface area contributed by atoms with Gasteiger partial charge in [-0.3, -0.25) is 14.9 Å². The summed E-state index contributed by atoms with van der Waals surface area (Å²) in [6.45, 7) is 2.18. The van der Waals surface area contributed by atoms with Crippen molar-refractivity contribution in [3.8, 4) is 5.75 Å². The van der Waals surface area contributed by atoms with Crippen LogP contribution in [0.3, 0.4) is 0 Å². The third kappa shape index (κ3) is 4.29. The van der Waals surface area contributed by atoms with Crippen LogP contribution < -0.4 is 21.1 Å². The van der Waals surface area contributed by atoms with Crippen molar-refractivity contribution in [3.05, 3.63) is 44.8 Å². The van der Waals surface area contributed by atoms with Gasteiger partial charge < -0.3 is 15.8 Å². The van der Waals surface area contributed by atoms with Gasteiger partial charge in [-0.2, -0.15) is 0 Å². The van der Waals surface area contributed by atoms with E-state index in [0.29, 0.717) is 27.3 Å². The quantitative estimate of drug-likeness (QED) is 0.633. The molecule has 0 saturated carbocycles. The summed E-state index contributed by atoms with van der Waals surface area (Å²) in [5.74, 6) is -0.0302. The first kappa shape index (κ1) is 20.6. The molecule has 148 valence electrons. The number of amides is 2. The highest BCUT2D eigenvalue weighted by molar-refractivity contribution is 7.80. The lowest BCUT2D eigenvalue weighted by molar-refractivity contribution is 0.0972. The molecule has 28 heavy (non-hydrogen) atoms. The maximum atomic E-state index is 12.6. The molecule has 9 heteroatoms. The largest absolute Gasteiger partial charge is 0.496 e. The molecule has 0 aliphatic heterocycles. The topological polar surface area (TPSA) is 93.4 Å². The first-order chi connectivity index (χ1) is 13.3. The highest BCUT2D eigenvalue weighted by atomic mass is 35.5. The van der Waals surface area contributed by atoms with Crippen LogP contribution in [0.1, 0.15) is 44.5 Å². The van der Waals surface area contributed by atoms with Gasteiger partial charge in [0.2, 0.25) is 0 Å².